The minimum Gasteiger partial charge on any atom is -0.243 e. The summed E-state index contributed by atoms with van der Waals surface area (Å²) < 4.78 is 10.4. The van der Waals surface area contributed by atoms with E-state index in [4.69, 9.17) is 10.7 Å². The van der Waals surface area contributed by atoms with Crippen molar-refractivity contribution in [3.8, 4) is 0 Å². The van der Waals surface area contributed by atoms with E-state index in [0.717, 1.165) is 12.3 Å². The summed E-state index contributed by atoms with van der Waals surface area (Å²) in [5, 5.41) is 0. The first-order chi connectivity index (χ1) is 4.29. The normalized spacial score (nSPS) is 23.2. The van der Waals surface area contributed by atoms with E-state index in [1.807, 2.05) is 0 Å². The van der Waals surface area contributed by atoms with Crippen molar-refractivity contribution in [1.29, 1.82) is 0 Å². The molecule has 1 atom stereocenters. The van der Waals surface area contributed by atoms with Crippen LogP contribution in [-0.4, -0.2) is 9.96 Å². The molecule has 0 aromatic carbocycles. The number of hydrogen-bond donors (Lipinski definition) is 0. The lowest BCUT2D eigenvalue weighted by Gasteiger charge is -2.24. The fourth-order valence-corrected chi connectivity index (χ4v) is 1.83. The number of rotatable bonds is 3. The SMILES string of the molecule is O=S(Cl)CCC1CCC1. The Morgan fingerprint density at radius 2 is 2.22 bits per heavy atom. The van der Waals surface area contributed by atoms with Crippen LogP contribution in [-0.2, 0) is 10.0 Å². The molecule has 0 heterocycles. The largest absolute Gasteiger partial charge is 0.243 e. The summed E-state index contributed by atoms with van der Waals surface area (Å²) in [4.78, 5) is 0. The third-order valence-electron chi connectivity index (χ3n) is 1.91. The zero-order valence-electron chi connectivity index (χ0n) is 5.31. The molecule has 0 spiro atoms. The van der Waals surface area contributed by atoms with Crippen molar-refractivity contribution in [2.45, 2.75) is 25.7 Å². The van der Waals surface area contributed by atoms with E-state index < -0.39 is 10.0 Å². The maximum Gasteiger partial charge on any atom is 0.114 e. The smallest absolute Gasteiger partial charge is 0.114 e. The maximum absolute atomic E-state index is 10.4. The summed E-state index contributed by atoms with van der Waals surface area (Å²) in [7, 11) is 4.19. The molecule has 1 aliphatic rings. The summed E-state index contributed by atoms with van der Waals surface area (Å²) in [5.74, 6) is 1.53. The van der Waals surface area contributed by atoms with Gasteiger partial charge in [-0.1, -0.05) is 19.3 Å². The van der Waals surface area contributed by atoms with Gasteiger partial charge in [-0.15, -0.1) is 0 Å². The van der Waals surface area contributed by atoms with Crippen molar-refractivity contribution in [2.75, 3.05) is 5.75 Å². The molecule has 0 saturated heterocycles. The zero-order valence-corrected chi connectivity index (χ0v) is 6.88. The van der Waals surface area contributed by atoms with Gasteiger partial charge in [0.05, 0.1) is 0 Å². The van der Waals surface area contributed by atoms with E-state index in [1.54, 1.807) is 0 Å². The van der Waals surface area contributed by atoms with Crippen molar-refractivity contribution < 1.29 is 4.21 Å². The Bertz CT molecular complexity index is 112. The lowest BCUT2D eigenvalue weighted by atomic mass is 9.84. The van der Waals surface area contributed by atoms with Crippen molar-refractivity contribution in [3.63, 3.8) is 0 Å². The minimum absolute atomic E-state index is 0.687. The molecular formula is C6H11ClOS. The average Bonchev–Trinajstić information content (AvgIpc) is 1.60. The van der Waals surface area contributed by atoms with Gasteiger partial charge in [-0.25, -0.2) is 4.21 Å². The molecule has 0 bridgehead atoms. The van der Waals surface area contributed by atoms with E-state index in [1.165, 1.54) is 19.3 Å². The minimum atomic E-state index is -1.08. The standard InChI is InChI=1S/C6H11ClOS/c7-9(8)5-4-6-2-1-3-6/h6H,1-5H2. The molecule has 1 unspecified atom stereocenters. The molecule has 3 heteroatoms. The molecule has 9 heavy (non-hydrogen) atoms. The monoisotopic (exact) mass is 166 g/mol. The van der Waals surface area contributed by atoms with Crippen LogP contribution in [0.15, 0.2) is 0 Å². The fraction of sp³-hybridized carbons (Fsp3) is 1.00. The van der Waals surface area contributed by atoms with Gasteiger partial charge in [0.25, 0.3) is 0 Å². The fourth-order valence-electron chi connectivity index (χ4n) is 1.04. The third kappa shape index (κ3) is 2.67. The highest BCUT2D eigenvalue weighted by Crippen LogP contribution is 2.29. The first-order valence-electron chi connectivity index (χ1n) is 3.33. The summed E-state index contributed by atoms with van der Waals surface area (Å²) >= 11 is 0. The van der Waals surface area contributed by atoms with Gasteiger partial charge in [0.15, 0.2) is 0 Å². The van der Waals surface area contributed by atoms with E-state index in [2.05, 4.69) is 0 Å². The second kappa shape index (κ2) is 3.57. The second-order valence-electron chi connectivity index (χ2n) is 2.58. The molecule has 0 N–H and O–H groups in total. The predicted molar refractivity (Wildman–Crippen MR) is 40.8 cm³/mol. The van der Waals surface area contributed by atoms with Crippen LogP contribution in [0.25, 0.3) is 0 Å². The molecule has 0 aromatic heterocycles. The number of halogens is 1. The summed E-state index contributed by atoms with van der Waals surface area (Å²) in [6.45, 7) is 0. The Kier molecular flexibility index (Phi) is 2.99. The van der Waals surface area contributed by atoms with Gasteiger partial charge < -0.3 is 0 Å². The maximum atomic E-state index is 10.4. The van der Waals surface area contributed by atoms with Gasteiger partial charge in [-0.05, 0) is 23.0 Å². The van der Waals surface area contributed by atoms with Crippen molar-refractivity contribution >= 4 is 20.7 Å². The molecule has 1 aliphatic carbocycles. The lowest BCUT2D eigenvalue weighted by molar-refractivity contribution is 0.308. The Hall–Kier alpha value is 0.440. The summed E-state index contributed by atoms with van der Waals surface area (Å²) in [6.07, 6.45) is 5.08. The van der Waals surface area contributed by atoms with Gasteiger partial charge in [-0.2, -0.15) is 0 Å². The Balaban J connectivity index is 1.97. The van der Waals surface area contributed by atoms with Crippen molar-refractivity contribution in [1.82, 2.24) is 0 Å². The van der Waals surface area contributed by atoms with E-state index in [9.17, 15) is 4.21 Å². The zero-order chi connectivity index (χ0) is 6.69. The first kappa shape index (κ1) is 7.55. The molecule has 0 aliphatic heterocycles. The topological polar surface area (TPSA) is 17.1 Å². The van der Waals surface area contributed by atoms with Gasteiger partial charge in [0, 0.05) is 5.75 Å². The van der Waals surface area contributed by atoms with Gasteiger partial charge in [0.1, 0.15) is 10.0 Å². The molecule has 1 fully saturated rings. The highest BCUT2D eigenvalue weighted by Gasteiger charge is 2.17. The first-order valence-corrected chi connectivity index (χ1v) is 5.48. The van der Waals surface area contributed by atoms with Crippen LogP contribution < -0.4 is 0 Å². The van der Waals surface area contributed by atoms with E-state index in [0.29, 0.717) is 5.75 Å². The second-order valence-corrected chi connectivity index (χ2v) is 4.60. The van der Waals surface area contributed by atoms with Crippen molar-refractivity contribution in [3.05, 3.63) is 0 Å². The van der Waals surface area contributed by atoms with E-state index >= 15 is 0 Å². The highest BCUT2D eigenvalue weighted by molar-refractivity contribution is 8.08. The predicted octanol–water partition coefficient (Wildman–Crippen LogP) is 2.08. The van der Waals surface area contributed by atoms with Crippen LogP contribution in [0, 0.1) is 5.92 Å². The molecule has 0 radical (unpaired) electrons. The molecule has 0 aromatic rings. The quantitative estimate of drug-likeness (QED) is 0.587. The van der Waals surface area contributed by atoms with Gasteiger partial charge >= 0.3 is 0 Å². The third-order valence-corrected chi connectivity index (χ3v) is 2.93. The van der Waals surface area contributed by atoms with Gasteiger partial charge in [-0.3, -0.25) is 0 Å². The molecule has 54 valence electrons. The Labute approximate surface area is 62.7 Å². The van der Waals surface area contributed by atoms with Crippen molar-refractivity contribution in [2.24, 2.45) is 5.92 Å². The molecule has 0 amide bonds. The van der Waals surface area contributed by atoms with E-state index in [-0.39, 0.29) is 0 Å². The Morgan fingerprint density at radius 3 is 2.56 bits per heavy atom. The van der Waals surface area contributed by atoms with Crippen LogP contribution in [0.4, 0.5) is 0 Å². The highest BCUT2D eigenvalue weighted by atomic mass is 35.7. The number of hydrogen-bond acceptors (Lipinski definition) is 1. The van der Waals surface area contributed by atoms with Crippen LogP contribution in [0.1, 0.15) is 25.7 Å². The van der Waals surface area contributed by atoms with Crippen LogP contribution in [0.3, 0.4) is 0 Å². The average molecular weight is 167 g/mol. The summed E-state index contributed by atoms with van der Waals surface area (Å²) in [6, 6.07) is 0. The molecular weight excluding hydrogens is 156 g/mol. The summed E-state index contributed by atoms with van der Waals surface area (Å²) in [5.41, 5.74) is 0. The molecule has 1 rings (SSSR count). The molecule has 1 nitrogen and oxygen atoms in total. The Morgan fingerprint density at radius 1 is 1.56 bits per heavy atom. The van der Waals surface area contributed by atoms with Crippen LogP contribution in [0.5, 0.6) is 0 Å². The van der Waals surface area contributed by atoms with Crippen LogP contribution in [0.2, 0.25) is 0 Å². The molecule has 1 saturated carbocycles. The lowest BCUT2D eigenvalue weighted by Crippen LogP contribution is -2.12. The van der Waals surface area contributed by atoms with Crippen LogP contribution >= 0.6 is 10.7 Å². The van der Waals surface area contributed by atoms with Gasteiger partial charge in [0.2, 0.25) is 0 Å².